The number of unbranched alkanes of at least 4 members (excludes halogenated alkanes) is 3. The van der Waals surface area contributed by atoms with Crippen LogP contribution in [0.5, 0.6) is 0 Å². The third-order valence-electron chi connectivity index (χ3n) is 2.89. The molecule has 0 bridgehead atoms. The van der Waals surface area contributed by atoms with Gasteiger partial charge in [-0.3, -0.25) is 0 Å². The highest BCUT2D eigenvalue weighted by atomic mass is 32.2. The van der Waals surface area contributed by atoms with Crippen LogP contribution in [0.15, 0.2) is 23.1 Å². The van der Waals surface area contributed by atoms with Crippen LogP contribution in [0.1, 0.15) is 38.2 Å². The van der Waals surface area contributed by atoms with E-state index in [1.54, 1.807) is 0 Å². The molecular formula is C13H21FN2O2S. The Hall–Kier alpha value is -0.980. The standard InChI is InChI=1S/C13H21FN2O2S/c1-2-3-4-5-9-16-19(17,18)13-8-6-7-12(14)11(13)10-15/h6-8,16H,2-5,9-10,15H2,1H3. The summed E-state index contributed by atoms with van der Waals surface area (Å²) in [6, 6.07) is 3.96. The molecule has 0 spiro atoms. The molecule has 0 heterocycles. The molecule has 1 aromatic rings. The maximum Gasteiger partial charge on any atom is 0.240 e. The number of nitrogens with two attached hydrogens (primary N) is 1. The van der Waals surface area contributed by atoms with Crippen LogP contribution in [-0.2, 0) is 16.6 Å². The lowest BCUT2D eigenvalue weighted by atomic mass is 10.2. The third-order valence-corrected chi connectivity index (χ3v) is 4.44. The van der Waals surface area contributed by atoms with Crippen LogP contribution in [0.3, 0.4) is 0 Å². The van der Waals surface area contributed by atoms with Gasteiger partial charge in [-0.1, -0.05) is 32.3 Å². The van der Waals surface area contributed by atoms with Gasteiger partial charge in [0.2, 0.25) is 10.0 Å². The molecule has 0 aromatic heterocycles. The lowest BCUT2D eigenvalue weighted by Crippen LogP contribution is -2.26. The fraction of sp³-hybridized carbons (Fsp3) is 0.538. The average Bonchev–Trinajstić information content (AvgIpc) is 2.38. The van der Waals surface area contributed by atoms with E-state index in [0.717, 1.165) is 25.7 Å². The van der Waals surface area contributed by atoms with Gasteiger partial charge in [0.15, 0.2) is 0 Å². The van der Waals surface area contributed by atoms with Gasteiger partial charge in [-0.15, -0.1) is 0 Å². The summed E-state index contributed by atoms with van der Waals surface area (Å²) < 4.78 is 40.1. The van der Waals surface area contributed by atoms with Crippen molar-refractivity contribution in [1.29, 1.82) is 0 Å². The molecule has 19 heavy (non-hydrogen) atoms. The van der Waals surface area contributed by atoms with Gasteiger partial charge in [0.1, 0.15) is 5.82 Å². The number of rotatable bonds is 8. The van der Waals surface area contributed by atoms with Gasteiger partial charge in [0.05, 0.1) is 4.90 Å². The first-order valence-electron chi connectivity index (χ1n) is 6.50. The van der Waals surface area contributed by atoms with Gasteiger partial charge in [0, 0.05) is 18.7 Å². The zero-order valence-corrected chi connectivity index (χ0v) is 12.0. The minimum absolute atomic E-state index is 0.0311. The van der Waals surface area contributed by atoms with E-state index in [4.69, 9.17) is 5.73 Å². The summed E-state index contributed by atoms with van der Waals surface area (Å²) in [6.07, 6.45) is 3.93. The molecule has 0 fully saturated rings. The molecular weight excluding hydrogens is 267 g/mol. The zero-order valence-electron chi connectivity index (χ0n) is 11.2. The molecule has 0 radical (unpaired) electrons. The van der Waals surface area contributed by atoms with Gasteiger partial charge in [-0.2, -0.15) is 0 Å². The van der Waals surface area contributed by atoms with E-state index in [9.17, 15) is 12.8 Å². The molecule has 1 aromatic carbocycles. The second-order valence-electron chi connectivity index (χ2n) is 4.38. The molecule has 1 rings (SSSR count). The number of sulfonamides is 1. The van der Waals surface area contributed by atoms with E-state index >= 15 is 0 Å². The van der Waals surface area contributed by atoms with Gasteiger partial charge >= 0.3 is 0 Å². The predicted octanol–water partition coefficient (Wildman–Crippen LogP) is 2.14. The van der Waals surface area contributed by atoms with Gasteiger partial charge < -0.3 is 5.73 Å². The minimum Gasteiger partial charge on any atom is -0.326 e. The van der Waals surface area contributed by atoms with Crippen molar-refractivity contribution in [3.05, 3.63) is 29.6 Å². The Morgan fingerprint density at radius 3 is 2.63 bits per heavy atom. The van der Waals surface area contributed by atoms with Gasteiger partial charge in [0.25, 0.3) is 0 Å². The minimum atomic E-state index is -3.68. The summed E-state index contributed by atoms with van der Waals surface area (Å²) in [4.78, 5) is -0.0644. The van der Waals surface area contributed by atoms with Crippen LogP contribution < -0.4 is 10.5 Å². The van der Waals surface area contributed by atoms with Gasteiger partial charge in [-0.05, 0) is 18.6 Å². The maximum atomic E-state index is 13.5. The Balaban J connectivity index is 2.75. The first-order chi connectivity index (χ1) is 9.03. The molecule has 108 valence electrons. The molecule has 0 aliphatic rings. The highest BCUT2D eigenvalue weighted by Gasteiger charge is 2.19. The number of benzene rings is 1. The maximum absolute atomic E-state index is 13.5. The Labute approximate surface area is 114 Å². The van der Waals surface area contributed by atoms with Crippen molar-refractivity contribution in [2.75, 3.05) is 6.54 Å². The van der Waals surface area contributed by atoms with Crippen molar-refractivity contribution < 1.29 is 12.8 Å². The number of nitrogens with one attached hydrogen (secondary N) is 1. The number of hydrogen-bond acceptors (Lipinski definition) is 3. The average molecular weight is 288 g/mol. The van der Waals surface area contributed by atoms with Crippen molar-refractivity contribution in [3.8, 4) is 0 Å². The number of hydrogen-bond donors (Lipinski definition) is 2. The molecule has 0 unspecified atom stereocenters. The van der Waals surface area contributed by atoms with Crippen LogP contribution in [0, 0.1) is 5.82 Å². The lowest BCUT2D eigenvalue weighted by molar-refractivity contribution is 0.565. The Bertz CT molecular complexity index is 503. The van der Waals surface area contributed by atoms with Gasteiger partial charge in [-0.25, -0.2) is 17.5 Å². The second-order valence-corrected chi connectivity index (χ2v) is 6.11. The summed E-state index contributed by atoms with van der Waals surface area (Å²) in [5.74, 6) is -0.587. The van der Waals surface area contributed by atoms with Crippen molar-refractivity contribution in [1.82, 2.24) is 4.72 Å². The van der Waals surface area contributed by atoms with Crippen LogP contribution in [0.4, 0.5) is 4.39 Å². The smallest absolute Gasteiger partial charge is 0.240 e. The van der Waals surface area contributed by atoms with E-state index < -0.39 is 15.8 Å². The molecule has 6 heteroatoms. The molecule has 4 nitrogen and oxygen atoms in total. The SMILES string of the molecule is CCCCCCNS(=O)(=O)c1cccc(F)c1CN. The zero-order chi connectivity index (χ0) is 14.3. The van der Waals surface area contributed by atoms with Crippen molar-refractivity contribution in [2.24, 2.45) is 5.73 Å². The van der Waals surface area contributed by atoms with E-state index in [1.165, 1.54) is 18.2 Å². The Morgan fingerprint density at radius 2 is 2.00 bits per heavy atom. The van der Waals surface area contributed by atoms with Crippen molar-refractivity contribution >= 4 is 10.0 Å². The quantitative estimate of drug-likeness (QED) is 0.720. The molecule has 0 aliphatic heterocycles. The Kier molecular flexibility index (Phi) is 6.41. The molecule has 0 amide bonds. The summed E-state index contributed by atoms with van der Waals surface area (Å²) in [7, 11) is -3.68. The van der Waals surface area contributed by atoms with E-state index in [1.807, 2.05) is 0 Å². The summed E-state index contributed by atoms with van der Waals surface area (Å²) in [5.41, 5.74) is 5.44. The topological polar surface area (TPSA) is 72.2 Å². The fourth-order valence-corrected chi connectivity index (χ4v) is 3.16. The van der Waals surface area contributed by atoms with E-state index in [2.05, 4.69) is 11.6 Å². The second kappa shape index (κ2) is 7.57. The molecule has 0 aliphatic carbocycles. The van der Waals surface area contributed by atoms with Crippen LogP contribution >= 0.6 is 0 Å². The largest absolute Gasteiger partial charge is 0.326 e. The van der Waals surface area contributed by atoms with Crippen molar-refractivity contribution in [3.63, 3.8) is 0 Å². The third kappa shape index (κ3) is 4.56. The van der Waals surface area contributed by atoms with Crippen molar-refractivity contribution in [2.45, 2.75) is 44.0 Å². The number of halogens is 1. The monoisotopic (exact) mass is 288 g/mol. The molecule has 3 N–H and O–H groups in total. The van der Waals surface area contributed by atoms with Crippen LogP contribution in [0.2, 0.25) is 0 Å². The highest BCUT2D eigenvalue weighted by molar-refractivity contribution is 7.89. The van der Waals surface area contributed by atoms with E-state index in [-0.39, 0.29) is 17.0 Å². The first kappa shape index (κ1) is 16.1. The summed E-state index contributed by atoms with van der Waals surface area (Å²) in [5, 5.41) is 0. The summed E-state index contributed by atoms with van der Waals surface area (Å²) in [6.45, 7) is 2.31. The van der Waals surface area contributed by atoms with Crippen LogP contribution in [0.25, 0.3) is 0 Å². The molecule has 0 atom stereocenters. The first-order valence-corrected chi connectivity index (χ1v) is 7.98. The van der Waals surface area contributed by atoms with E-state index in [0.29, 0.717) is 6.54 Å². The normalized spacial score (nSPS) is 11.7. The fourth-order valence-electron chi connectivity index (χ4n) is 1.82. The highest BCUT2D eigenvalue weighted by Crippen LogP contribution is 2.18. The summed E-state index contributed by atoms with van der Waals surface area (Å²) >= 11 is 0. The molecule has 0 saturated heterocycles. The Morgan fingerprint density at radius 1 is 1.26 bits per heavy atom. The predicted molar refractivity (Wildman–Crippen MR) is 73.6 cm³/mol. The van der Waals surface area contributed by atoms with Crippen LogP contribution in [-0.4, -0.2) is 15.0 Å². The lowest BCUT2D eigenvalue weighted by Gasteiger charge is -2.11. The molecule has 0 saturated carbocycles.